The van der Waals surface area contributed by atoms with Gasteiger partial charge in [-0.1, -0.05) is 0 Å². The molecular weight excluding hydrogens is 262 g/mol. The molecule has 1 aromatic heterocycles. The summed E-state index contributed by atoms with van der Waals surface area (Å²) < 4.78 is 5.68. The van der Waals surface area contributed by atoms with E-state index < -0.39 is 5.97 Å². The van der Waals surface area contributed by atoms with Crippen molar-refractivity contribution in [1.82, 2.24) is 15.1 Å². The lowest BCUT2D eigenvalue weighted by molar-refractivity contribution is -0.128. The summed E-state index contributed by atoms with van der Waals surface area (Å²) in [6, 6.07) is 1.36. The van der Waals surface area contributed by atoms with E-state index in [9.17, 15) is 9.59 Å². The normalized spacial score (nSPS) is 19.2. The maximum absolute atomic E-state index is 11.3. The monoisotopic (exact) mass is 279 g/mol. The number of likely N-dealkylation sites (tertiary alicyclic amines) is 1. The zero-order chi connectivity index (χ0) is 14.5. The summed E-state index contributed by atoms with van der Waals surface area (Å²) in [5, 5.41) is 16.3. The van der Waals surface area contributed by atoms with Crippen molar-refractivity contribution in [2.45, 2.75) is 32.3 Å². The predicted molar refractivity (Wildman–Crippen MR) is 69.5 cm³/mol. The lowest BCUT2D eigenvalue weighted by Crippen LogP contribution is -2.30. The van der Waals surface area contributed by atoms with E-state index in [-0.39, 0.29) is 23.5 Å². The first-order valence-electron chi connectivity index (χ1n) is 6.54. The molecule has 20 heavy (non-hydrogen) atoms. The Bertz CT molecular complexity index is 506. The van der Waals surface area contributed by atoms with Crippen LogP contribution in [0.1, 0.15) is 36.5 Å². The van der Waals surface area contributed by atoms with Crippen LogP contribution in [0.2, 0.25) is 0 Å². The Morgan fingerprint density at radius 1 is 1.40 bits per heavy atom. The number of carbonyl (C=O) groups is 2. The molecule has 0 spiro atoms. The minimum atomic E-state index is -1.06. The van der Waals surface area contributed by atoms with Crippen molar-refractivity contribution >= 4 is 11.9 Å². The molecule has 2 heterocycles. The zero-order valence-electron chi connectivity index (χ0n) is 11.3. The summed E-state index contributed by atoms with van der Waals surface area (Å²) in [4.78, 5) is 24.0. The molecule has 2 rings (SSSR count). The number of aromatic nitrogens is 2. The number of nitrogens with zero attached hydrogens (tertiary/aromatic N) is 3. The molecule has 7 nitrogen and oxygen atoms in total. The minimum absolute atomic E-state index is 0.0500. The number of hydrogen-bond acceptors (Lipinski definition) is 5. The van der Waals surface area contributed by atoms with Crippen LogP contribution in [-0.4, -0.2) is 51.3 Å². The topological polar surface area (TPSA) is 92.6 Å². The van der Waals surface area contributed by atoms with Crippen molar-refractivity contribution in [3.05, 3.63) is 17.8 Å². The third kappa shape index (κ3) is 3.66. The molecule has 1 saturated heterocycles. The average molecular weight is 279 g/mol. The summed E-state index contributed by atoms with van der Waals surface area (Å²) in [6.07, 6.45) is 3.48. The van der Waals surface area contributed by atoms with E-state index in [1.807, 2.05) is 0 Å². The first-order chi connectivity index (χ1) is 9.56. The molecule has 0 bridgehead atoms. The summed E-state index contributed by atoms with van der Waals surface area (Å²) in [6.45, 7) is 2.94. The van der Waals surface area contributed by atoms with Crippen molar-refractivity contribution in [2.75, 3.05) is 13.1 Å². The standard InChI is InChI=1S/C13H17N3O4/c1-9(17)16-5-2-3-11(4-6-16)20-12-7-10(13(18)19)8-14-15-12/h7-8,11H,2-6H2,1H3,(H,18,19). The molecule has 1 atom stereocenters. The Morgan fingerprint density at radius 3 is 2.90 bits per heavy atom. The van der Waals surface area contributed by atoms with Gasteiger partial charge in [0.05, 0.1) is 11.8 Å². The van der Waals surface area contributed by atoms with Crippen LogP contribution in [0.25, 0.3) is 0 Å². The number of carboxylic acids is 1. The van der Waals surface area contributed by atoms with Gasteiger partial charge in [0.25, 0.3) is 0 Å². The molecule has 0 saturated carbocycles. The molecule has 1 aliphatic rings. The van der Waals surface area contributed by atoms with Crippen LogP contribution in [0.5, 0.6) is 5.88 Å². The van der Waals surface area contributed by atoms with Gasteiger partial charge in [-0.05, 0) is 12.8 Å². The maximum Gasteiger partial charge on any atom is 0.337 e. The quantitative estimate of drug-likeness (QED) is 0.885. The number of amides is 1. The molecule has 1 unspecified atom stereocenters. The summed E-state index contributed by atoms with van der Waals surface area (Å²) in [7, 11) is 0. The molecular formula is C13H17N3O4. The molecule has 1 aliphatic heterocycles. The highest BCUT2D eigenvalue weighted by atomic mass is 16.5. The van der Waals surface area contributed by atoms with Crippen LogP contribution < -0.4 is 4.74 Å². The van der Waals surface area contributed by atoms with E-state index in [0.29, 0.717) is 13.0 Å². The number of hydrogen-bond donors (Lipinski definition) is 1. The van der Waals surface area contributed by atoms with Gasteiger partial charge in [-0.15, -0.1) is 5.10 Å². The fourth-order valence-corrected chi connectivity index (χ4v) is 2.19. The Hall–Kier alpha value is -2.18. The lowest BCUT2D eigenvalue weighted by atomic mass is 10.1. The van der Waals surface area contributed by atoms with Crippen LogP contribution >= 0.6 is 0 Å². The highest BCUT2D eigenvalue weighted by Crippen LogP contribution is 2.18. The first kappa shape index (κ1) is 14.2. The Morgan fingerprint density at radius 2 is 2.20 bits per heavy atom. The number of carboxylic acid groups (broad SMARTS) is 1. The van der Waals surface area contributed by atoms with Crippen molar-refractivity contribution in [1.29, 1.82) is 0 Å². The fourth-order valence-electron chi connectivity index (χ4n) is 2.19. The van der Waals surface area contributed by atoms with E-state index in [1.165, 1.54) is 12.3 Å². The summed E-state index contributed by atoms with van der Waals surface area (Å²) in [5.74, 6) is -0.780. The highest BCUT2D eigenvalue weighted by Gasteiger charge is 2.20. The van der Waals surface area contributed by atoms with Gasteiger partial charge in [-0.25, -0.2) is 4.79 Å². The largest absolute Gasteiger partial charge is 0.478 e. The first-order valence-corrected chi connectivity index (χ1v) is 6.54. The van der Waals surface area contributed by atoms with E-state index in [1.54, 1.807) is 11.8 Å². The second kappa shape index (κ2) is 6.31. The second-order valence-electron chi connectivity index (χ2n) is 4.76. The maximum atomic E-state index is 11.3. The molecule has 0 aromatic carbocycles. The Balaban J connectivity index is 1.98. The third-order valence-electron chi connectivity index (χ3n) is 3.29. The molecule has 1 aromatic rings. The van der Waals surface area contributed by atoms with Crippen molar-refractivity contribution in [3.8, 4) is 5.88 Å². The third-order valence-corrected chi connectivity index (χ3v) is 3.29. The second-order valence-corrected chi connectivity index (χ2v) is 4.76. The Kier molecular flexibility index (Phi) is 4.49. The smallest absolute Gasteiger partial charge is 0.337 e. The van der Waals surface area contributed by atoms with Crippen LogP contribution in [0, 0.1) is 0 Å². The average Bonchev–Trinajstić information content (AvgIpc) is 2.65. The minimum Gasteiger partial charge on any atom is -0.478 e. The zero-order valence-corrected chi connectivity index (χ0v) is 11.3. The SMILES string of the molecule is CC(=O)N1CCCC(Oc2cc(C(=O)O)cnn2)CC1. The van der Waals surface area contributed by atoms with E-state index in [4.69, 9.17) is 9.84 Å². The fraction of sp³-hybridized carbons (Fsp3) is 0.538. The van der Waals surface area contributed by atoms with Gasteiger partial charge in [0.2, 0.25) is 11.8 Å². The van der Waals surface area contributed by atoms with E-state index >= 15 is 0 Å². The van der Waals surface area contributed by atoms with E-state index in [2.05, 4.69) is 10.2 Å². The van der Waals surface area contributed by atoms with Gasteiger partial charge < -0.3 is 14.7 Å². The van der Waals surface area contributed by atoms with Gasteiger partial charge in [0.15, 0.2) is 0 Å². The lowest BCUT2D eigenvalue weighted by Gasteiger charge is -2.18. The summed E-state index contributed by atoms with van der Waals surface area (Å²) in [5.41, 5.74) is 0.0500. The molecule has 7 heteroatoms. The van der Waals surface area contributed by atoms with Gasteiger partial charge in [-0.2, -0.15) is 5.10 Å². The Labute approximate surface area is 116 Å². The predicted octanol–water partition coefficient (Wildman–Crippen LogP) is 0.955. The number of rotatable bonds is 3. The van der Waals surface area contributed by atoms with Crippen LogP contribution in [0.3, 0.4) is 0 Å². The number of carbonyl (C=O) groups excluding carboxylic acids is 1. The molecule has 1 N–H and O–H groups in total. The van der Waals surface area contributed by atoms with E-state index in [0.717, 1.165) is 19.4 Å². The van der Waals surface area contributed by atoms with Crippen LogP contribution in [0.15, 0.2) is 12.3 Å². The molecule has 1 amide bonds. The van der Waals surface area contributed by atoms with Crippen molar-refractivity contribution in [3.63, 3.8) is 0 Å². The van der Waals surface area contributed by atoms with Gasteiger partial charge in [-0.3, -0.25) is 4.79 Å². The van der Waals surface area contributed by atoms with Crippen LogP contribution in [-0.2, 0) is 4.79 Å². The summed E-state index contributed by atoms with van der Waals surface area (Å²) >= 11 is 0. The molecule has 1 fully saturated rings. The molecule has 0 radical (unpaired) electrons. The van der Waals surface area contributed by atoms with Crippen molar-refractivity contribution < 1.29 is 19.4 Å². The van der Waals surface area contributed by atoms with Gasteiger partial charge >= 0.3 is 5.97 Å². The highest BCUT2D eigenvalue weighted by molar-refractivity contribution is 5.87. The van der Waals surface area contributed by atoms with Crippen molar-refractivity contribution in [2.24, 2.45) is 0 Å². The van der Waals surface area contributed by atoms with Crippen LogP contribution in [0.4, 0.5) is 0 Å². The molecule has 108 valence electrons. The molecule has 0 aliphatic carbocycles. The van der Waals surface area contributed by atoms with Gasteiger partial charge in [0.1, 0.15) is 6.10 Å². The van der Waals surface area contributed by atoms with Gasteiger partial charge in [0, 0.05) is 32.5 Å². The number of aromatic carboxylic acids is 1. The number of ether oxygens (including phenoxy) is 1.